The number of amides is 2. The Morgan fingerprint density at radius 3 is 2.91 bits per heavy atom. The van der Waals surface area contributed by atoms with Crippen molar-refractivity contribution in [1.82, 2.24) is 4.90 Å². The summed E-state index contributed by atoms with van der Waals surface area (Å²) in [6, 6.07) is 7.40. The van der Waals surface area contributed by atoms with Crippen molar-refractivity contribution in [2.24, 2.45) is 0 Å². The lowest BCUT2D eigenvalue weighted by Gasteiger charge is -2.35. The van der Waals surface area contributed by atoms with E-state index in [0.29, 0.717) is 11.4 Å². The van der Waals surface area contributed by atoms with Crippen molar-refractivity contribution < 1.29 is 14.3 Å². The minimum Gasteiger partial charge on any atom is -0.497 e. The van der Waals surface area contributed by atoms with Gasteiger partial charge < -0.3 is 15.0 Å². The van der Waals surface area contributed by atoms with Crippen LogP contribution in [0.3, 0.4) is 0 Å². The fourth-order valence-electron chi connectivity index (χ4n) is 2.90. The van der Waals surface area contributed by atoms with Crippen molar-refractivity contribution in [3.8, 4) is 5.75 Å². The Labute approximate surface area is 131 Å². The van der Waals surface area contributed by atoms with Gasteiger partial charge in [0.25, 0.3) is 0 Å². The van der Waals surface area contributed by atoms with Crippen LogP contribution in [-0.2, 0) is 9.59 Å². The molecule has 0 spiro atoms. The van der Waals surface area contributed by atoms with E-state index < -0.39 is 0 Å². The van der Waals surface area contributed by atoms with E-state index in [1.165, 1.54) is 0 Å². The topological polar surface area (TPSA) is 58.6 Å². The number of carbonyl (C=O) groups is 2. The van der Waals surface area contributed by atoms with Gasteiger partial charge in [-0.2, -0.15) is 0 Å². The van der Waals surface area contributed by atoms with E-state index in [1.807, 2.05) is 4.90 Å². The highest BCUT2D eigenvalue weighted by atomic mass is 16.5. The Kier molecular flexibility index (Phi) is 5.81. The second-order valence-corrected chi connectivity index (χ2v) is 5.60. The smallest absolute Gasteiger partial charge is 0.233 e. The molecule has 1 saturated heterocycles. The number of anilines is 1. The minimum absolute atomic E-state index is 0.0769. The van der Waals surface area contributed by atoms with Crippen molar-refractivity contribution in [2.45, 2.75) is 45.1 Å². The number of rotatable bonds is 5. The molecule has 5 heteroatoms. The zero-order chi connectivity index (χ0) is 15.9. The lowest BCUT2D eigenvalue weighted by molar-refractivity contribution is -0.137. The fraction of sp³-hybridized carbons (Fsp3) is 0.529. The lowest BCUT2D eigenvalue weighted by Crippen LogP contribution is -2.44. The molecule has 120 valence electrons. The Hall–Kier alpha value is -2.04. The van der Waals surface area contributed by atoms with E-state index in [0.717, 1.165) is 32.2 Å². The SMILES string of the molecule is CCC1CCCCN1C(=O)CC(=O)Nc1cccc(OC)c1. The van der Waals surface area contributed by atoms with E-state index in [9.17, 15) is 9.59 Å². The molecule has 1 aromatic rings. The number of methoxy groups -OCH3 is 1. The fourth-order valence-corrected chi connectivity index (χ4v) is 2.90. The van der Waals surface area contributed by atoms with Gasteiger partial charge in [-0.05, 0) is 37.8 Å². The van der Waals surface area contributed by atoms with Crippen LogP contribution in [0.4, 0.5) is 5.69 Å². The van der Waals surface area contributed by atoms with Crippen LogP contribution in [0.15, 0.2) is 24.3 Å². The van der Waals surface area contributed by atoms with Crippen LogP contribution in [-0.4, -0.2) is 36.4 Å². The zero-order valence-corrected chi connectivity index (χ0v) is 13.3. The summed E-state index contributed by atoms with van der Waals surface area (Å²) >= 11 is 0. The van der Waals surface area contributed by atoms with E-state index in [2.05, 4.69) is 12.2 Å². The number of hydrogen-bond donors (Lipinski definition) is 1. The average molecular weight is 304 g/mol. The molecule has 1 heterocycles. The van der Waals surface area contributed by atoms with Gasteiger partial charge in [0, 0.05) is 24.3 Å². The van der Waals surface area contributed by atoms with Crippen molar-refractivity contribution in [3.63, 3.8) is 0 Å². The largest absolute Gasteiger partial charge is 0.497 e. The third kappa shape index (κ3) is 4.23. The summed E-state index contributed by atoms with van der Waals surface area (Å²) in [7, 11) is 1.58. The van der Waals surface area contributed by atoms with Crippen LogP contribution in [0.25, 0.3) is 0 Å². The summed E-state index contributed by atoms with van der Waals surface area (Å²) in [4.78, 5) is 26.3. The molecule has 0 aliphatic carbocycles. The molecule has 1 unspecified atom stereocenters. The summed E-state index contributed by atoms with van der Waals surface area (Å²) in [5.41, 5.74) is 0.642. The number of benzene rings is 1. The normalized spacial score (nSPS) is 17.9. The second-order valence-electron chi connectivity index (χ2n) is 5.60. The molecule has 1 aromatic carbocycles. The summed E-state index contributed by atoms with van der Waals surface area (Å²) in [6.07, 6.45) is 4.08. The lowest BCUT2D eigenvalue weighted by atomic mass is 9.99. The maximum atomic E-state index is 12.3. The number of nitrogens with one attached hydrogen (secondary N) is 1. The molecule has 0 radical (unpaired) electrons. The van der Waals surface area contributed by atoms with Gasteiger partial charge in [-0.25, -0.2) is 0 Å². The maximum Gasteiger partial charge on any atom is 0.233 e. The molecule has 0 saturated carbocycles. The molecule has 2 amide bonds. The number of nitrogens with zero attached hydrogens (tertiary/aromatic N) is 1. The van der Waals surface area contributed by atoms with Gasteiger partial charge in [0.1, 0.15) is 12.2 Å². The first-order valence-electron chi connectivity index (χ1n) is 7.87. The highest BCUT2D eigenvalue weighted by Gasteiger charge is 2.26. The Morgan fingerprint density at radius 2 is 2.18 bits per heavy atom. The molecule has 0 aromatic heterocycles. The first-order valence-corrected chi connectivity index (χ1v) is 7.87. The quantitative estimate of drug-likeness (QED) is 0.851. The van der Waals surface area contributed by atoms with Crippen LogP contribution >= 0.6 is 0 Å². The van der Waals surface area contributed by atoms with Gasteiger partial charge >= 0.3 is 0 Å². The van der Waals surface area contributed by atoms with Crippen LogP contribution < -0.4 is 10.1 Å². The first-order chi connectivity index (χ1) is 10.6. The van der Waals surface area contributed by atoms with E-state index >= 15 is 0 Å². The van der Waals surface area contributed by atoms with Gasteiger partial charge in [-0.1, -0.05) is 13.0 Å². The van der Waals surface area contributed by atoms with E-state index in [4.69, 9.17) is 4.74 Å². The van der Waals surface area contributed by atoms with Crippen LogP contribution in [0.2, 0.25) is 0 Å². The van der Waals surface area contributed by atoms with Gasteiger partial charge in [0.2, 0.25) is 11.8 Å². The highest BCUT2D eigenvalue weighted by molar-refractivity contribution is 6.03. The zero-order valence-electron chi connectivity index (χ0n) is 13.3. The highest BCUT2D eigenvalue weighted by Crippen LogP contribution is 2.21. The summed E-state index contributed by atoms with van der Waals surface area (Å²) in [5, 5.41) is 2.75. The van der Waals surface area contributed by atoms with Crippen molar-refractivity contribution in [1.29, 1.82) is 0 Å². The Bertz CT molecular complexity index is 530. The number of piperidine rings is 1. The van der Waals surface area contributed by atoms with E-state index in [-0.39, 0.29) is 24.3 Å². The molecule has 1 N–H and O–H groups in total. The molecule has 0 bridgehead atoms. The van der Waals surface area contributed by atoms with Gasteiger partial charge in [-0.3, -0.25) is 9.59 Å². The molecular formula is C17H24N2O3. The van der Waals surface area contributed by atoms with Crippen LogP contribution in [0, 0.1) is 0 Å². The molecule has 1 fully saturated rings. The van der Waals surface area contributed by atoms with Gasteiger partial charge in [0.05, 0.1) is 7.11 Å². The summed E-state index contributed by atoms with van der Waals surface area (Å²) < 4.78 is 5.11. The predicted octanol–water partition coefficient (Wildman–Crippen LogP) is 2.81. The van der Waals surface area contributed by atoms with Crippen molar-refractivity contribution in [3.05, 3.63) is 24.3 Å². The third-order valence-electron chi connectivity index (χ3n) is 4.08. The minimum atomic E-state index is -0.279. The molecule has 5 nitrogen and oxygen atoms in total. The summed E-state index contributed by atoms with van der Waals surface area (Å²) in [5.74, 6) is 0.317. The monoisotopic (exact) mass is 304 g/mol. The number of likely N-dealkylation sites (tertiary alicyclic amines) is 1. The molecule has 22 heavy (non-hydrogen) atoms. The van der Waals surface area contributed by atoms with Crippen molar-refractivity contribution in [2.75, 3.05) is 19.0 Å². The van der Waals surface area contributed by atoms with E-state index in [1.54, 1.807) is 31.4 Å². The van der Waals surface area contributed by atoms with Gasteiger partial charge in [0.15, 0.2) is 0 Å². The van der Waals surface area contributed by atoms with Gasteiger partial charge in [-0.15, -0.1) is 0 Å². The predicted molar refractivity (Wildman–Crippen MR) is 85.9 cm³/mol. The molecule has 1 aliphatic heterocycles. The molecular weight excluding hydrogens is 280 g/mol. The van der Waals surface area contributed by atoms with Crippen LogP contribution in [0.5, 0.6) is 5.75 Å². The maximum absolute atomic E-state index is 12.3. The molecule has 1 atom stereocenters. The average Bonchev–Trinajstić information content (AvgIpc) is 2.54. The summed E-state index contributed by atoms with van der Waals surface area (Å²) in [6.45, 7) is 2.86. The third-order valence-corrected chi connectivity index (χ3v) is 4.08. The second kappa shape index (κ2) is 7.82. The Morgan fingerprint density at radius 1 is 1.36 bits per heavy atom. The molecule has 2 rings (SSSR count). The van der Waals surface area contributed by atoms with Crippen molar-refractivity contribution >= 4 is 17.5 Å². The number of hydrogen-bond acceptors (Lipinski definition) is 3. The standard InChI is InChI=1S/C17H24N2O3/c1-3-14-8-4-5-10-19(14)17(21)12-16(20)18-13-7-6-9-15(11-13)22-2/h6-7,9,11,14H,3-5,8,10,12H2,1-2H3,(H,18,20). The van der Waals surface area contributed by atoms with Crippen LogP contribution in [0.1, 0.15) is 39.0 Å². The number of carbonyl (C=O) groups excluding carboxylic acids is 2. The molecule has 1 aliphatic rings. The first kappa shape index (κ1) is 16.3. The number of ether oxygens (including phenoxy) is 1. The Balaban J connectivity index is 1.91.